The number of carbonyl (C=O) groups excluding carboxylic acids is 1. The van der Waals surface area contributed by atoms with Crippen molar-refractivity contribution in [1.82, 2.24) is 5.32 Å². The van der Waals surface area contributed by atoms with Gasteiger partial charge in [0.1, 0.15) is 6.61 Å². The summed E-state index contributed by atoms with van der Waals surface area (Å²) in [5.41, 5.74) is 4.44. The van der Waals surface area contributed by atoms with Gasteiger partial charge in [0.05, 0.1) is 5.56 Å². The average Bonchev–Trinajstić information content (AvgIpc) is 2.35. The van der Waals surface area contributed by atoms with Crippen LogP contribution in [0.4, 0.5) is 18.0 Å². The first kappa shape index (κ1) is 15.1. The van der Waals surface area contributed by atoms with Crippen LogP contribution >= 0.6 is 11.8 Å². The van der Waals surface area contributed by atoms with Crippen LogP contribution in [0.1, 0.15) is 11.1 Å². The van der Waals surface area contributed by atoms with E-state index < -0.39 is 17.8 Å². The van der Waals surface area contributed by atoms with E-state index in [1.807, 2.05) is 5.32 Å². The van der Waals surface area contributed by atoms with Crippen molar-refractivity contribution in [3.63, 3.8) is 0 Å². The van der Waals surface area contributed by atoms with E-state index in [0.717, 1.165) is 12.1 Å². The van der Waals surface area contributed by atoms with Gasteiger partial charge in [-0.05, 0) is 17.7 Å². The highest BCUT2D eigenvalue weighted by Crippen LogP contribution is 2.29. The molecule has 104 valence electrons. The van der Waals surface area contributed by atoms with Gasteiger partial charge in [-0.2, -0.15) is 13.2 Å². The minimum absolute atomic E-state index is 0.186. The summed E-state index contributed by atoms with van der Waals surface area (Å²) in [6, 6.07) is 4.41. The topological polar surface area (TPSA) is 76.7 Å². The van der Waals surface area contributed by atoms with Crippen LogP contribution in [0.15, 0.2) is 28.8 Å². The zero-order chi connectivity index (χ0) is 14.5. The van der Waals surface area contributed by atoms with E-state index in [1.54, 1.807) is 0 Å². The van der Waals surface area contributed by atoms with E-state index in [1.165, 1.54) is 12.1 Å². The number of hydrogen-bond donors (Lipinski definition) is 2. The highest BCUT2D eigenvalue weighted by atomic mass is 35.5. The zero-order valence-corrected chi connectivity index (χ0v) is 10.1. The van der Waals surface area contributed by atoms with Crippen molar-refractivity contribution >= 4 is 23.8 Å². The first-order chi connectivity index (χ1) is 8.82. The largest absolute Gasteiger partial charge is 0.444 e. The molecule has 0 spiro atoms. The van der Waals surface area contributed by atoms with Gasteiger partial charge in [0, 0.05) is 11.8 Å². The van der Waals surface area contributed by atoms with Crippen molar-refractivity contribution in [1.29, 1.82) is 0 Å². The molecule has 0 radical (unpaired) electrons. The smallest absolute Gasteiger partial charge is 0.416 e. The molecule has 9 heteroatoms. The molecule has 0 saturated heterocycles. The van der Waals surface area contributed by atoms with Crippen molar-refractivity contribution in [3.05, 3.63) is 35.4 Å². The van der Waals surface area contributed by atoms with Gasteiger partial charge < -0.3 is 10.5 Å². The van der Waals surface area contributed by atoms with Crippen LogP contribution in [0.5, 0.6) is 0 Å². The second-order valence-corrected chi connectivity index (χ2v) is 3.54. The Morgan fingerprint density at radius 2 is 2.16 bits per heavy atom. The molecule has 0 atom stereocenters. The number of benzene rings is 1. The monoisotopic (exact) mass is 295 g/mol. The number of halogens is 4. The maximum absolute atomic E-state index is 12.4. The van der Waals surface area contributed by atoms with E-state index in [-0.39, 0.29) is 18.1 Å². The highest BCUT2D eigenvalue weighted by molar-refractivity contribution is 6.20. The molecule has 0 heterocycles. The van der Waals surface area contributed by atoms with Crippen LogP contribution in [-0.4, -0.2) is 12.1 Å². The summed E-state index contributed by atoms with van der Waals surface area (Å²) in [5.74, 6) is -0.379. The maximum atomic E-state index is 12.4. The number of amides is 1. The van der Waals surface area contributed by atoms with Crippen LogP contribution in [0.2, 0.25) is 0 Å². The minimum atomic E-state index is -4.45. The fourth-order valence-corrected chi connectivity index (χ4v) is 1.19. The molecule has 0 aliphatic heterocycles. The third kappa shape index (κ3) is 5.04. The Morgan fingerprint density at radius 1 is 1.47 bits per heavy atom. The Labute approximate surface area is 111 Å². The molecular formula is C10H9ClF3N3O2. The number of guanidine groups is 1. The average molecular weight is 296 g/mol. The molecule has 5 nitrogen and oxygen atoms in total. The molecule has 0 unspecified atom stereocenters. The first-order valence-electron chi connectivity index (χ1n) is 4.87. The number of carbonyl (C=O) groups is 1. The van der Waals surface area contributed by atoms with E-state index in [2.05, 4.69) is 9.25 Å². The summed E-state index contributed by atoms with van der Waals surface area (Å²) in [5, 5.41) is 1.96. The number of alkyl halides is 3. The predicted molar refractivity (Wildman–Crippen MR) is 62.2 cm³/mol. The van der Waals surface area contributed by atoms with Crippen molar-refractivity contribution < 1.29 is 22.7 Å². The fraction of sp³-hybridized carbons (Fsp3) is 0.200. The lowest BCUT2D eigenvalue weighted by atomic mass is 10.1. The predicted octanol–water partition coefficient (Wildman–Crippen LogP) is 2.40. The van der Waals surface area contributed by atoms with Gasteiger partial charge in [-0.15, -0.1) is 4.51 Å². The van der Waals surface area contributed by atoms with Gasteiger partial charge in [0.2, 0.25) is 5.96 Å². The normalized spacial score (nSPS) is 12.1. The van der Waals surface area contributed by atoms with Crippen LogP contribution in [0, 0.1) is 0 Å². The van der Waals surface area contributed by atoms with Gasteiger partial charge in [-0.3, -0.25) is 5.32 Å². The second-order valence-electron chi connectivity index (χ2n) is 3.37. The number of hydrogen-bond acceptors (Lipinski definition) is 3. The van der Waals surface area contributed by atoms with E-state index in [9.17, 15) is 18.0 Å². The van der Waals surface area contributed by atoms with Crippen molar-refractivity contribution in [2.45, 2.75) is 12.8 Å². The number of nitrogens with two attached hydrogens (primary N) is 1. The van der Waals surface area contributed by atoms with E-state index in [4.69, 9.17) is 17.5 Å². The lowest BCUT2D eigenvalue weighted by molar-refractivity contribution is -0.137. The lowest BCUT2D eigenvalue weighted by Gasteiger charge is -2.09. The number of ether oxygens (including phenoxy) is 1. The SMILES string of the molecule is NC(=NCl)NC(=O)OCc1cccc(C(F)(F)F)c1. The van der Waals surface area contributed by atoms with Gasteiger partial charge in [-0.25, -0.2) is 4.79 Å². The summed E-state index contributed by atoms with van der Waals surface area (Å²) >= 11 is 4.95. The molecule has 0 aliphatic rings. The lowest BCUT2D eigenvalue weighted by Crippen LogP contribution is -2.36. The Hall–Kier alpha value is -1.96. The van der Waals surface area contributed by atoms with Crippen molar-refractivity contribution in [2.75, 3.05) is 0 Å². The van der Waals surface area contributed by atoms with Crippen LogP contribution in [0.25, 0.3) is 0 Å². The van der Waals surface area contributed by atoms with Crippen molar-refractivity contribution in [3.8, 4) is 0 Å². The fourth-order valence-electron chi connectivity index (χ4n) is 1.15. The Morgan fingerprint density at radius 3 is 2.74 bits per heavy atom. The van der Waals surface area contributed by atoms with Gasteiger partial charge >= 0.3 is 12.3 Å². The summed E-state index contributed by atoms with van der Waals surface area (Å²) in [4.78, 5) is 11.1. The van der Waals surface area contributed by atoms with Gasteiger partial charge in [-0.1, -0.05) is 12.1 Å². The van der Waals surface area contributed by atoms with Crippen LogP contribution in [0.3, 0.4) is 0 Å². The molecule has 19 heavy (non-hydrogen) atoms. The number of alkyl carbamates (subject to hydrolysis) is 1. The molecule has 0 fully saturated rings. The van der Waals surface area contributed by atoms with E-state index >= 15 is 0 Å². The highest BCUT2D eigenvalue weighted by Gasteiger charge is 2.30. The second kappa shape index (κ2) is 6.28. The summed E-state index contributed by atoms with van der Waals surface area (Å²) < 4.78 is 44.8. The third-order valence-electron chi connectivity index (χ3n) is 1.95. The summed E-state index contributed by atoms with van der Waals surface area (Å²) in [6.45, 7) is -0.342. The zero-order valence-electron chi connectivity index (χ0n) is 9.37. The van der Waals surface area contributed by atoms with Gasteiger partial charge in [0.15, 0.2) is 0 Å². The number of nitrogens with one attached hydrogen (secondary N) is 1. The molecule has 1 amide bonds. The molecule has 0 aromatic heterocycles. The third-order valence-corrected chi connectivity index (χ3v) is 2.13. The molecule has 0 saturated carbocycles. The standard InChI is InChI=1S/C10H9ClF3N3O2/c11-17-8(15)16-9(18)19-5-6-2-1-3-7(4-6)10(12,13)14/h1-4H,5H2,(H3,15,16,17,18). The molecule has 0 aliphatic carbocycles. The van der Waals surface area contributed by atoms with Crippen LogP contribution in [-0.2, 0) is 17.5 Å². The quantitative estimate of drug-likeness (QED) is 0.650. The summed E-state index contributed by atoms with van der Waals surface area (Å²) in [6.07, 6.45) is -5.42. The molecule has 1 aromatic carbocycles. The van der Waals surface area contributed by atoms with Crippen LogP contribution < -0.4 is 11.1 Å². The van der Waals surface area contributed by atoms with Gasteiger partial charge in [0.25, 0.3) is 0 Å². The first-order valence-corrected chi connectivity index (χ1v) is 5.21. The maximum Gasteiger partial charge on any atom is 0.416 e. The molecule has 1 aromatic rings. The Bertz CT molecular complexity index is 491. The van der Waals surface area contributed by atoms with E-state index in [0.29, 0.717) is 0 Å². The molecule has 1 rings (SSSR count). The summed E-state index contributed by atoms with van der Waals surface area (Å²) in [7, 11) is 0. The van der Waals surface area contributed by atoms with Crippen molar-refractivity contribution in [2.24, 2.45) is 10.2 Å². The Kier molecular flexibility index (Phi) is 4.99. The minimum Gasteiger partial charge on any atom is -0.444 e. The Balaban J connectivity index is 2.61. The number of rotatable bonds is 2. The molecule has 3 N–H and O–H groups in total. The molecular weight excluding hydrogens is 287 g/mol. The number of nitrogens with zero attached hydrogens (tertiary/aromatic N) is 1. The molecule has 0 bridgehead atoms.